The van der Waals surface area contributed by atoms with E-state index in [0.29, 0.717) is 25.1 Å². The predicted molar refractivity (Wildman–Crippen MR) is 134 cm³/mol. The van der Waals surface area contributed by atoms with Gasteiger partial charge in [-0.3, -0.25) is 0 Å². The minimum atomic E-state index is -4.52. The van der Waals surface area contributed by atoms with Crippen LogP contribution < -0.4 is 0 Å². The molecule has 38 heavy (non-hydrogen) atoms. The van der Waals surface area contributed by atoms with Crippen LogP contribution in [0.5, 0.6) is 0 Å². The number of amides is 1. The molecule has 0 aromatic heterocycles. The first kappa shape index (κ1) is 28.4. The van der Waals surface area contributed by atoms with Crippen molar-refractivity contribution < 1.29 is 36.9 Å². The maximum Gasteiger partial charge on any atom is 0.416 e. The van der Waals surface area contributed by atoms with Gasteiger partial charge in [-0.25, -0.2) is 9.18 Å². The first-order chi connectivity index (χ1) is 17.7. The van der Waals surface area contributed by atoms with Crippen LogP contribution in [0.1, 0.15) is 67.9 Å². The maximum atomic E-state index is 13.8. The monoisotopic (exact) mass is 537 g/mol. The Balaban J connectivity index is 1.63. The summed E-state index contributed by atoms with van der Waals surface area (Å²) in [6.45, 7) is 7.46. The number of alkyl halides is 3. The van der Waals surface area contributed by atoms with Crippen LogP contribution >= 0.6 is 0 Å². The molecule has 1 aliphatic carbocycles. The van der Waals surface area contributed by atoms with E-state index < -0.39 is 42.2 Å². The summed E-state index contributed by atoms with van der Waals surface area (Å²) in [5.74, 6) is -0.481. The zero-order valence-electron chi connectivity index (χ0n) is 22.1. The fraction of sp³-hybridized carbons (Fsp3) is 0.552. The van der Waals surface area contributed by atoms with Crippen molar-refractivity contribution in [1.82, 2.24) is 4.90 Å². The van der Waals surface area contributed by atoms with Gasteiger partial charge in [-0.1, -0.05) is 23.8 Å². The first-order valence-electron chi connectivity index (χ1n) is 12.9. The summed E-state index contributed by atoms with van der Waals surface area (Å²) in [6, 6.07) is 9.80. The Labute approximate surface area is 220 Å². The zero-order chi connectivity index (χ0) is 27.8. The molecule has 1 amide bonds. The molecule has 5 atom stereocenters. The highest BCUT2D eigenvalue weighted by atomic mass is 19.4. The molecule has 4 rings (SSSR count). The molecule has 2 aliphatic rings. The third-order valence-corrected chi connectivity index (χ3v) is 7.39. The number of benzene rings is 2. The number of ether oxygens (including phenoxy) is 2. The van der Waals surface area contributed by atoms with Crippen molar-refractivity contribution in [2.45, 2.75) is 70.4 Å². The number of fused-ring (bicyclic) bond motifs is 1. The van der Waals surface area contributed by atoms with Gasteiger partial charge >= 0.3 is 12.3 Å². The predicted octanol–water partition coefficient (Wildman–Crippen LogP) is 6.63. The Morgan fingerprint density at radius 1 is 1.08 bits per heavy atom. The minimum Gasteiger partial charge on any atom is -0.444 e. The van der Waals surface area contributed by atoms with E-state index in [2.05, 4.69) is 0 Å². The van der Waals surface area contributed by atoms with E-state index in [4.69, 9.17) is 9.47 Å². The topological polar surface area (TPSA) is 59.0 Å². The summed E-state index contributed by atoms with van der Waals surface area (Å²) >= 11 is 0. The SMILES string of the molecule is Cc1cc([C@H](CO)O[C@H]2CC[C@@H]3CN(C(=O)OC(C)(C)C)C[C@H]3[C@@H]2c2ccc(F)cc2)cc(C(F)(F)F)c1. The van der Waals surface area contributed by atoms with Crippen molar-refractivity contribution in [1.29, 1.82) is 0 Å². The number of aryl methyl sites for hydroxylation is 1. The van der Waals surface area contributed by atoms with Gasteiger partial charge in [-0.2, -0.15) is 13.2 Å². The number of hydrogen-bond donors (Lipinski definition) is 1. The molecule has 208 valence electrons. The Bertz CT molecular complexity index is 1130. The molecular formula is C29H35F4NO4. The summed E-state index contributed by atoms with van der Waals surface area (Å²) in [5.41, 5.74) is 0.0665. The first-order valence-corrected chi connectivity index (χ1v) is 12.9. The Morgan fingerprint density at radius 2 is 1.76 bits per heavy atom. The van der Waals surface area contributed by atoms with Gasteiger partial charge in [-0.15, -0.1) is 0 Å². The molecule has 1 saturated carbocycles. The van der Waals surface area contributed by atoms with E-state index in [1.807, 2.05) is 20.8 Å². The Kier molecular flexibility index (Phi) is 8.09. The maximum absolute atomic E-state index is 13.8. The van der Waals surface area contributed by atoms with Crippen LogP contribution in [0.15, 0.2) is 42.5 Å². The molecule has 1 N–H and O–H groups in total. The van der Waals surface area contributed by atoms with Crippen molar-refractivity contribution in [3.05, 3.63) is 70.5 Å². The summed E-state index contributed by atoms with van der Waals surface area (Å²) in [4.78, 5) is 14.5. The van der Waals surface area contributed by atoms with E-state index >= 15 is 0 Å². The van der Waals surface area contributed by atoms with Gasteiger partial charge in [0.25, 0.3) is 0 Å². The average molecular weight is 538 g/mol. The van der Waals surface area contributed by atoms with Crippen LogP contribution in [0.4, 0.5) is 22.4 Å². The fourth-order valence-electron chi connectivity index (χ4n) is 5.82. The molecule has 2 aromatic rings. The number of rotatable bonds is 5. The molecule has 0 spiro atoms. The number of halogens is 4. The van der Waals surface area contributed by atoms with Gasteiger partial charge in [0.1, 0.15) is 17.5 Å². The minimum absolute atomic E-state index is 0.0191. The van der Waals surface area contributed by atoms with Crippen LogP contribution in [-0.4, -0.2) is 47.5 Å². The molecule has 9 heteroatoms. The molecule has 0 unspecified atom stereocenters. The van der Waals surface area contributed by atoms with E-state index in [0.717, 1.165) is 24.1 Å². The summed E-state index contributed by atoms with van der Waals surface area (Å²) < 4.78 is 66.1. The lowest BCUT2D eigenvalue weighted by Crippen LogP contribution is -2.39. The van der Waals surface area contributed by atoms with Crippen molar-refractivity contribution in [2.75, 3.05) is 19.7 Å². The number of carbonyl (C=O) groups is 1. The molecular weight excluding hydrogens is 502 g/mol. The molecule has 0 radical (unpaired) electrons. The highest BCUT2D eigenvalue weighted by molar-refractivity contribution is 5.68. The van der Waals surface area contributed by atoms with E-state index in [-0.39, 0.29) is 29.1 Å². The van der Waals surface area contributed by atoms with Crippen LogP contribution in [0, 0.1) is 24.6 Å². The number of aliphatic hydroxyl groups excluding tert-OH is 1. The van der Waals surface area contributed by atoms with E-state index in [9.17, 15) is 27.5 Å². The number of likely N-dealkylation sites (tertiary alicyclic amines) is 1. The van der Waals surface area contributed by atoms with Crippen LogP contribution in [0.25, 0.3) is 0 Å². The highest BCUT2D eigenvalue weighted by Crippen LogP contribution is 2.48. The summed E-state index contributed by atoms with van der Waals surface area (Å²) in [5, 5.41) is 10.2. The molecule has 1 aliphatic heterocycles. The molecule has 2 fully saturated rings. The Hall–Kier alpha value is -2.65. The fourth-order valence-corrected chi connectivity index (χ4v) is 5.82. The van der Waals surface area contributed by atoms with Crippen LogP contribution in [0.2, 0.25) is 0 Å². The van der Waals surface area contributed by atoms with Crippen molar-refractivity contribution in [2.24, 2.45) is 11.8 Å². The van der Waals surface area contributed by atoms with Crippen LogP contribution in [-0.2, 0) is 15.7 Å². The van der Waals surface area contributed by atoms with Gasteiger partial charge in [0.05, 0.1) is 18.3 Å². The number of aliphatic hydroxyl groups is 1. The lowest BCUT2D eigenvalue weighted by Gasteiger charge is -2.41. The second kappa shape index (κ2) is 10.8. The van der Waals surface area contributed by atoms with Crippen LogP contribution in [0.3, 0.4) is 0 Å². The van der Waals surface area contributed by atoms with Gasteiger partial charge in [0.2, 0.25) is 0 Å². The normalized spacial score (nSPS) is 24.7. The lowest BCUT2D eigenvalue weighted by molar-refractivity contribution is -0.137. The van der Waals surface area contributed by atoms with Crippen molar-refractivity contribution in [3.63, 3.8) is 0 Å². The second-order valence-corrected chi connectivity index (χ2v) is 11.4. The third-order valence-electron chi connectivity index (χ3n) is 7.39. The largest absolute Gasteiger partial charge is 0.444 e. The molecule has 2 aromatic carbocycles. The zero-order valence-corrected chi connectivity index (χ0v) is 22.1. The van der Waals surface area contributed by atoms with Crippen molar-refractivity contribution in [3.8, 4) is 0 Å². The summed E-state index contributed by atoms with van der Waals surface area (Å²) in [7, 11) is 0. The van der Waals surface area contributed by atoms with E-state index in [1.165, 1.54) is 12.1 Å². The standard InChI is InChI=1S/C29H35F4NO4/c1-17-11-20(13-21(12-17)29(31,32)33)25(16-35)37-24-10-7-19-14-34(27(36)38-28(2,3)4)15-23(19)26(24)18-5-8-22(30)9-6-18/h5-6,8-9,11-13,19,23-26,35H,7,10,14-16H2,1-4H3/t19-,23-,24+,25+,26+/m1/s1. The molecule has 1 saturated heterocycles. The molecule has 0 bridgehead atoms. The Morgan fingerprint density at radius 3 is 2.37 bits per heavy atom. The second-order valence-electron chi connectivity index (χ2n) is 11.4. The third kappa shape index (κ3) is 6.49. The lowest BCUT2D eigenvalue weighted by atomic mass is 9.69. The highest BCUT2D eigenvalue weighted by Gasteiger charge is 2.48. The molecule has 5 nitrogen and oxygen atoms in total. The van der Waals surface area contributed by atoms with E-state index in [1.54, 1.807) is 30.0 Å². The quantitative estimate of drug-likeness (QED) is 0.435. The van der Waals surface area contributed by atoms with Gasteiger partial charge in [0, 0.05) is 19.0 Å². The smallest absolute Gasteiger partial charge is 0.416 e. The average Bonchev–Trinajstić information content (AvgIpc) is 3.25. The number of carbonyl (C=O) groups excluding carboxylic acids is 1. The van der Waals surface area contributed by atoms with Gasteiger partial charge in [0.15, 0.2) is 0 Å². The summed E-state index contributed by atoms with van der Waals surface area (Å²) in [6.07, 6.45) is -5.01. The van der Waals surface area contributed by atoms with Crippen molar-refractivity contribution >= 4 is 6.09 Å². The number of nitrogens with zero attached hydrogens (tertiary/aromatic N) is 1. The number of hydrogen-bond acceptors (Lipinski definition) is 4. The van der Waals surface area contributed by atoms with Gasteiger partial charge < -0.3 is 19.5 Å². The molecule has 1 heterocycles. The van der Waals surface area contributed by atoms with Gasteiger partial charge in [-0.05, 0) is 87.8 Å².